The molecule has 0 spiro atoms. The predicted octanol–water partition coefficient (Wildman–Crippen LogP) is 0.935. The second kappa shape index (κ2) is 4.30. The first-order chi connectivity index (χ1) is 8.42. The number of rotatable bonds is 4. The van der Waals surface area contributed by atoms with Gasteiger partial charge in [0.1, 0.15) is 0 Å². The van der Waals surface area contributed by atoms with Crippen molar-refractivity contribution in [3.8, 4) is 0 Å². The normalized spacial score (nSPS) is 11.4. The van der Waals surface area contributed by atoms with Crippen LogP contribution in [0.3, 0.4) is 0 Å². The molecular weight excluding hydrogens is 258 g/mol. The maximum Gasteiger partial charge on any atom is 0.295 e. The number of aryl methyl sites for hydroxylation is 2. The molecule has 1 N–H and O–H groups in total. The summed E-state index contributed by atoms with van der Waals surface area (Å²) in [5.41, 5.74) is 0.907. The van der Waals surface area contributed by atoms with Gasteiger partial charge in [0.15, 0.2) is 12.0 Å². The van der Waals surface area contributed by atoms with Crippen LogP contribution in [-0.4, -0.2) is 24.5 Å². The third-order valence-electron chi connectivity index (χ3n) is 2.24. The Balaban J connectivity index is 2.32. The van der Waals surface area contributed by atoms with Crippen LogP contribution < -0.4 is 4.72 Å². The number of hydrogen-bond acceptors (Lipinski definition) is 5. The van der Waals surface area contributed by atoms with Crippen LogP contribution in [0.5, 0.6) is 0 Å². The van der Waals surface area contributed by atoms with Crippen molar-refractivity contribution in [3.63, 3.8) is 0 Å². The van der Waals surface area contributed by atoms with Crippen molar-refractivity contribution < 1.29 is 17.6 Å². The van der Waals surface area contributed by atoms with Crippen molar-refractivity contribution in [2.75, 3.05) is 4.72 Å². The van der Waals surface area contributed by atoms with E-state index in [1.807, 2.05) is 0 Å². The summed E-state index contributed by atoms with van der Waals surface area (Å²) in [6, 6.07) is 2.51. The number of hydrogen-bond donors (Lipinski definition) is 1. The van der Waals surface area contributed by atoms with Crippen LogP contribution in [0.25, 0.3) is 0 Å². The Hall–Kier alpha value is -2.09. The molecular formula is C10H11N3O4S. The quantitative estimate of drug-likeness (QED) is 0.833. The van der Waals surface area contributed by atoms with Gasteiger partial charge in [-0.25, -0.2) is 0 Å². The monoisotopic (exact) mass is 269 g/mol. The Morgan fingerprint density at radius 1 is 1.44 bits per heavy atom. The van der Waals surface area contributed by atoms with E-state index < -0.39 is 10.0 Å². The lowest BCUT2D eigenvalue weighted by Crippen LogP contribution is -2.12. The molecule has 0 fully saturated rings. The van der Waals surface area contributed by atoms with Gasteiger partial charge in [0.25, 0.3) is 10.0 Å². The number of nitrogens with zero attached hydrogens (tertiary/aromatic N) is 2. The molecule has 2 rings (SSSR count). The van der Waals surface area contributed by atoms with E-state index in [2.05, 4.69) is 9.82 Å². The van der Waals surface area contributed by atoms with Crippen LogP contribution in [0.2, 0.25) is 0 Å². The van der Waals surface area contributed by atoms with E-state index in [9.17, 15) is 13.2 Å². The van der Waals surface area contributed by atoms with E-state index in [1.165, 1.54) is 23.0 Å². The average Bonchev–Trinajstić information content (AvgIpc) is 2.86. The minimum atomic E-state index is -3.84. The van der Waals surface area contributed by atoms with E-state index in [-0.39, 0.29) is 10.9 Å². The van der Waals surface area contributed by atoms with Crippen LogP contribution in [0.4, 0.5) is 5.69 Å². The number of aromatic nitrogens is 2. The first-order valence-electron chi connectivity index (χ1n) is 5.00. The molecule has 0 aliphatic carbocycles. The fraction of sp³-hybridized carbons (Fsp3) is 0.200. The van der Waals surface area contributed by atoms with E-state index in [4.69, 9.17) is 4.42 Å². The van der Waals surface area contributed by atoms with Crippen molar-refractivity contribution in [3.05, 3.63) is 29.8 Å². The molecule has 0 bridgehead atoms. The molecule has 0 aliphatic heterocycles. The Bertz CT molecular complexity index is 684. The SMILES string of the molecule is Cc1nn(C)cc1NS(=O)(=O)c1ccc(C=O)o1. The summed E-state index contributed by atoms with van der Waals surface area (Å²) in [6.45, 7) is 1.68. The minimum Gasteiger partial charge on any atom is -0.440 e. The molecule has 2 aromatic rings. The van der Waals surface area contributed by atoms with Gasteiger partial charge in [-0.3, -0.25) is 14.2 Å². The first kappa shape index (κ1) is 12.4. The smallest absolute Gasteiger partial charge is 0.295 e. The van der Waals surface area contributed by atoms with Crippen LogP contribution in [0.15, 0.2) is 27.8 Å². The summed E-state index contributed by atoms with van der Waals surface area (Å²) in [5, 5.41) is 3.70. The number of furan rings is 1. The molecule has 2 heterocycles. The van der Waals surface area contributed by atoms with Crippen molar-refractivity contribution in [1.82, 2.24) is 9.78 Å². The second-order valence-corrected chi connectivity index (χ2v) is 5.30. The zero-order valence-corrected chi connectivity index (χ0v) is 10.6. The molecule has 0 unspecified atom stereocenters. The fourth-order valence-corrected chi connectivity index (χ4v) is 2.48. The van der Waals surface area contributed by atoms with Crippen LogP contribution in [0, 0.1) is 6.92 Å². The van der Waals surface area contributed by atoms with Gasteiger partial charge in [0.05, 0.1) is 11.4 Å². The van der Waals surface area contributed by atoms with E-state index in [0.29, 0.717) is 17.7 Å². The zero-order chi connectivity index (χ0) is 13.3. The van der Waals surface area contributed by atoms with Gasteiger partial charge >= 0.3 is 0 Å². The molecule has 96 valence electrons. The van der Waals surface area contributed by atoms with Crippen molar-refractivity contribution in [2.24, 2.45) is 7.05 Å². The Kier molecular flexibility index (Phi) is 2.95. The van der Waals surface area contributed by atoms with Crippen LogP contribution >= 0.6 is 0 Å². The summed E-state index contributed by atoms with van der Waals surface area (Å²) in [6.07, 6.45) is 1.98. The van der Waals surface area contributed by atoms with Gasteiger partial charge in [-0.15, -0.1) is 0 Å². The number of carbonyl (C=O) groups excluding carboxylic acids is 1. The van der Waals surface area contributed by atoms with Gasteiger partial charge in [-0.1, -0.05) is 0 Å². The molecule has 0 radical (unpaired) electrons. The third kappa shape index (κ3) is 2.28. The number of nitrogens with one attached hydrogen (secondary N) is 1. The lowest BCUT2D eigenvalue weighted by molar-refractivity contribution is 0.109. The number of aldehydes is 1. The summed E-state index contributed by atoms with van der Waals surface area (Å²) in [7, 11) is -2.16. The number of anilines is 1. The molecule has 0 atom stereocenters. The highest BCUT2D eigenvalue weighted by Gasteiger charge is 2.20. The van der Waals surface area contributed by atoms with Gasteiger partial charge < -0.3 is 4.42 Å². The summed E-state index contributed by atoms with van der Waals surface area (Å²) in [5.74, 6) is -0.0433. The highest BCUT2D eigenvalue weighted by molar-refractivity contribution is 7.92. The number of carbonyl (C=O) groups is 1. The molecule has 0 aliphatic rings. The summed E-state index contributed by atoms with van der Waals surface area (Å²) >= 11 is 0. The van der Waals surface area contributed by atoms with Crippen molar-refractivity contribution in [1.29, 1.82) is 0 Å². The molecule has 0 amide bonds. The predicted molar refractivity (Wildman–Crippen MR) is 62.8 cm³/mol. The van der Waals surface area contributed by atoms with E-state index in [1.54, 1.807) is 14.0 Å². The topological polar surface area (TPSA) is 94.2 Å². The third-order valence-corrected chi connectivity index (χ3v) is 3.48. The Morgan fingerprint density at radius 2 is 2.17 bits per heavy atom. The van der Waals surface area contributed by atoms with E-state index in [0.717, 1.165) is 0 Å². The molecule has 18 heavy (non-hydrogen) atoms. The van der Waals surface area contributed by atoms with Crippen LogP contribution in [0.1, 0.15) is 16.2 Å². The zero-order valence-electron chi connectivity index (χ0n) is 9.75. The first-order valence-corrected chi connectivity index (χ1v) is 6.49. The van der Waals surface area contributed by atoms with Crippen molar-refractivity contribution in [2.45, 2.75) is 12.0 Å². The minimum absolute atomic E-state index is 0.0433. The molecule has 0 aromatic carbocycles. The largest absolute Gasteiger partial charge is 0.440 e. The Labute approximate surface area is 103 Å². The molecule has 2 aromatic heterocycles. The second-order valence-electron chi connectivity index (χ2n) is 3.68. The van der Waals surface area contributed by atoms with Crippen LogP contribution in [-0.2, 0) is 17.1 Å². The maximum atomic E-state index is 11.9. The Morgan fingerprint density at radius 3 is 2.67 bits per heavy atom. The summed E-state index contributed by atoms with van der Waals surface area (Å²) in [4.78, 5) is 10.4. The molecule has 7 nitrogen and oxygen atoms in total. The van der Waals surface area contributed by atoms with Gasteiger partial charge in [-0.05, 0) is 19.1 Å². The molecule has 0 saturated carbocycles. The highest BCUT2D eigenvalue weighted by atomic mass is 32.2. The van der Waals surface area contributed by atoms with Gasteiger partial charge in [-0.2, -0.15) is 13.5 Å². The molecule has 0 saturated heterocycles. The average molecular weight is 269 g/mol. The number of sulfonamides is 1. The molecule has 8 heteroatoms. The summed E-state index contributed by atoms with van der Waals surface area (Å²) < 4.78 is 32.6. The standard InChI is InChI=1S/C10H11N3O4S/c1-7-9(5-13(2)11-7)12-18(15,16)10-4-3-8(6-14)17-10/h3-6,12H,1-2H3. The van der Waals surface area contributed by atoms with Crippen molar-refractivity contribution >= 4 is 22.0 Å². The fourth-order valence-electron chi connectivity index (χ4n) is 1.44. The maximum absolute atomic E-state index is 11.9. The highest BCUT2D eigenvalue weighted by Crippen LogP contribution is 2.19. The lowest BCUT2D eigenvalue weighted by Gasteiger charge is -2.03. The lowest BCUT2D eigenvalue weighted by atomic mass is 10.4. The van der Waals surface area contributed by atoms with Gasteiger partial charge in [0.2, 0.25) is 5.09 Å². The van der Waals surface area contributed by atoms with Gasteiger partial charge in [0, 0.05) is 13.2 Å². The van der Waals surface area contributed by atoms with E-state index >= 15 is 0 Å².